The van der Waals surface area contributed by atoms with Crippen LogP contribution in [0, 0.1) is 5.92 Å². The highest BCUT2D eigenvalue weighted by Gasteiger charge is 2.35. The van der Waals surface area contributed by atoms with Crippen molar-refractivity contribution in [1.29, 1.82) is 0 Å². The van der Waals surface area contributed by atoms with E-state index in [9.17, 15) is 73.8 Å². The van der Waals surface area contributed by atoms with Crippen LogP contribution < -0.4 is 48.7 Å². The number of amides is 7. The largest absolute Gasteiger partial charge is 0.508 e. The minimum atomic E-state index is -1.75. The number of aromatic nitrogens is 2. The van der Waals surface area contributed by atoms with E-state index in [1.54, 1.807) is 26.0 Å². The van der Waals surface area contributed by atoms with Gasteiger partial charge in [0.1, 0.15) is 53.8 Å². The lowest BCUT2D eigenvalue weighted by Crippen LogP contribution is -2.61. The van der Waals surface area contributed by atoms with Crippen LogP contribution in [0.3, 0.4) is 0 Å². The molecule has 0 fully saturated rings. The van der Waals surface area contributed by atoms with Crippen molar-refractivity contribution in [3.05, 3.63) is 77.9 Å². The summed E-state index contributed by atoms with van der Waals surface area (Å²) < 4.78 is 0. The van der Waals surface area contributed by atoms with Crippen LogP contribution in [0.1, 0.15) is 69.2 Å². The predicted octanol–water partition coefficient (Wildman–Crippen LogP) is -3.32. The molecule has 0 aliphatic rings. The van der Waals surface area contributed by atoms with Crippen molar-refractivity contribution >= 4 is 53.3 Å². The van der Waals surface area contributed by atoms with Crippen molar-refractivity contribution in [2.45, 2.75) is 120 Å². The summed E-state index contributed by atoms with van der Waals surface area (Å²) in [6.45, 7) is 1.67. The number of aliphatic hydroxyl groups excluding tert-OH is 2. The number of imidazole rings is 1. The van der Waals surface area contributed by atoms with E-state index in [1.807, 2.05) is 0 Å². The standard InChI is InChI=1S/C47H67N11O15/c1-25(2)17-34(55-46(71)38(23-60)58-44(69)36(20-28-21-50-24-51-28)54-40(65)31(49)18-26-6-10-29(61)11-7-26)42(67)56-35(19-27-8-12-30(62)13-9-27)43(68)52-32(14-15-39(63)64)41(66)57-37(22-59)45(70)53-33(47(72)73)5-3-4-16-48/h6-13,21,24-25,31-38,59-62H,3-5,14-20,22-23,48-49H2,1-2H3,(H,50,51)(H,52,68)(H,53,70)(H,54,65)(H,55,71)(H,56,67)(H,57,66)(H,58,69)(H,63,64)(H,72,73)/t31-,32-,33-,34-,35-,36-,37-,38-/m0/s1. The number of carboxylic acids is 2. The van der Waals surface area contributed by atoms with Crippen LogP contribution >= 0.6 is 0 Å². The van der Waals surface area contributed by atoms with E-state index in [4.69, 9.17) is 11.5 Å². The maximum Gasteiger partial charge on any atom is 0.326 e. The number of carbonyl (C=O) groups is 9. The van der Waals surface area contributed by atoms with Gasteiger partial charge in [-0.2, -0.15) is 0 Å². The van der Waals surface area contributed by atoms with Crippen molar-refractivity contribution < 1.29 is 73.8 Å². The van der Waals surface area contributed by atoms with Crippen molar-refractivity contribution in [2.75, 3.05) is 19.8 Å². The van der Waals surface area contributed by atoms with Crippen LogP contribution in [0.25, 0.3) is 0 Å². The number of hydrogen-bond acceptors (Lipinski definition) is 16. The fourth-order valence-electron chi connectivity index (χ4n) is 7.17. The number of rotatable bonds is 32. The predicted molar refractivity (Wildman–Crippen MR) is 258 cm³/mol. The van der Waals surface area contributed by atoms with Gasteiger partial charge in [0.05, 0.1) is 25.6 Å². The Hall–Kier alpha value is -7.68. The first-order chi connectivity index (χ1) is 34.6. The number of H-pyrrole nitrogens is 1. The van der Waals surface area contributed by atoms with Gasteiger partial charge in [0, 0.05) is 31.2 Å². The van der Waals surface area contributed by atoms with Crippen LogP contribution in [0.4, 0.5) is 0 Å². The third-order valence-electron chi connectivity index (χ3n) is 11.2. The molecular formula is C47H67N11O15. The van der Waals surface area contributed by atoms with Gasteiger partial charge in [-0.3, -0.25) is 38.4 Å². The highest BCUT2D eigenvalue weighted by atomic mass is 16.4. The fraction of sp³-hybridized carbons (Fsp3) is 0.489. The summed E-state index contributed by atoms with van der Waals surface area (Å²) in [5.74, 6) is -10.2. The first-order valence-corrected chi connectivity index (χ1v) is 23.4. The topological polar surface area (TPSA) is 440 Å². The molecule has 26 nitrogen and oxygen atoms in total. The second-order valence-electron chi connectivity index (χ2n) is 17.6. The molecule has 3 rings (SSSR count). The number of hydrogen-bond donors (Lipinski definition) is 16. The zero-order chi connectivity index (χ0) is 54.2. The number of aliphatic carboxylic acids is 2. The van der Waals surface area contributed by atoms with Gasteiger partial charge in [-0.1, -0.05) is 38.1 Å². The zero-order valence-electron chi connectivity index (χ0n) is 40.4. The number of unbranched alkanes of at least 4 members (excludes halogenated alkanes) is 1. The minimum Gasteiger partial charge on any atom is -0.508 e. The first-order valence-electron chi connectivity index (χ1n) is 23.4. The van der Waals surface area contributed by atoms with Gasteiger partial charge in [0.2, 0.25) is 41.4 Å². The van der Waals surface area contributed by atoms with E-state index in [0.29, 0.717) is 29.7 Å². The number of phenolic OH excluding ortho intramolecular Hbond substituents is 2. The maximum absolute atomic E-state index is 14.2. The quantitative estimate of drug-likeness (QED) is 0.0272. The summed E-state index contributed by atoms with van der Waals surface area (Å²) in [5.41, 5.74) is 13.0. The third-order valence-corrected chi connectivity index (χ3v) is 11.2. The van der Waals surface area contributed by atoms with E-state index in [1.165, 1.54) is 48.9 Å². The van der Waals surface area contributed by atoms with Crippen LogP contribution in [-0.4, -0.2) is 162 Å². The Morgan fingerprint density at radius 2 is 1.00 bits per heavy atom. The molecule has 18 N–H and O–H groups in total. The molecule has 1 aromatic heterocycles. The lowest BCUT2D eigenvalue weighted by atomic mass is 10.00. The molecule has 7 amide bonds. The van der Waals surface area contributed by atoms with Crippen molar-refractivity contribution in [3.8, 4) is 11.5 Å². The molecule has 0 radical (unpaired) electrons. The number of benzene rings is 2. The van der Waals surface area contributed by atoms with E-state index in [-0.39, 0.29) is 56.1 Å². The van der Waals surface area contributed by atoms with Crippen molar-refractivity contribution in [3.63, 3.8) is 0 Å². The highest BCUT2D eigenvalue weighted by Crippen LogP contribution is 2.15. The van der Waals surface area contributed by atoms with Crippen LogP contribution in [0.5, 0.6) is 11.5 Å². The Balaban J connectivity index is 1.85. The smallest absolute Gasteiger partial charge is 0.326 e. The van der Waals surface area contributed by atoms with Gasteiger partial charge < -0.3 is 84.3 Å². The molecule has 3 aromatic rings. The molecule has 0 aliphatic carbocycles. The summed E-state index contributed by atoms with van der Waals surface area (Å²) in [6, 6.07) is -0.754. The lowest BCUT2D eigenvalue weighted by Gasteiger charge is -2.28. The number of phenols is 2. The van der Waals surface area contributed by atoms with Gasteiger partial charge in [0.15, 0.2) is 0 Å². The number of nitrogens with two attached hydrogens (primary N) is 2. The van der Waals surface area contributed by atoms with E-state index >= 15 is 0 Å². The van der Waals surface area contributed by atoms with Gasteiger partial charge in [-0.25, -0.2) is 9.78 Å². The zero-order valence-corrected chi connectivity index (χ0v) is 40.4. The van der Waals surface area contributed by atoms with Gasteiger partial charge in [-0.05, 0) is 86.4 Å². The van der Waals surface area contributed by atoms with Crippen molar-refractivity contribution in [2.24, 2.45) is 17.4 Å². The second kappa shape index (κ2) is 30.3. The molecule has 1 heterocycles. The number of nitrogens with zero attached hydrogens (tertiary/aromatic N) is 1. The Kier molecular flexibility index (Phi) is 24.7. The normalized spacial score (nSPS) is 14.4. The average Bonchev–Trinajstić information content (AvgIpc) is 3.86. The number of carboxylic acid groups (broad SMARTS) is 2. The molecule has 0 bridgehead atoms. The van der Waals surface area contributed by atoms with E-state index in [0.717, 1.165) is 0 Å². The van der Waals surface area contributed by atoms with E-state index < -0.39 is 128 Å². The Morgan fingerprint density at radius 1 is 0.562 bits per heavy atom. The van der Waals surface area contributed by atoms with Gasteiger partial charge >= 0.3 is 11.9 Å². The molecule has 0 spiro atoms. The summed E-state index contributed by atoms with van der Waals surface area (Å²) in [5, 5.41) is 75.8. The van der Waals surface area contributed by atoms with Gasteiger partial charge in [0.25, 0.3) is 0 Å². The SMILES string of the molecule is CC(C)C[C@H](NC(=O)[C@H](CO)NC(=O)[C@H](Cc1cnc[nH]1)NC(=O)[C@@H](N)Cc1ccc(O)cc1)C(=O)N[C@@H](Cc1ccc(O)cc1)C(=O)N[C@@H](CCC(=O)O)C(=O)N[C@@H](CO)C(=O)N[C@@H](CCCCN)C(=O)O. The van der Waals surface area contributed by atoms with Crippen molar-refractivity contribution in [1.82, 2.24) is 47.2 Å². The number of aromatic amines is 1. The second-order valence-corrected chi connectivity index (χ2v) is 17.6. The lowest BCUT2D eigenvalue weighted by molar-refractivity contribution is -0.142. The van der Waals surface area contributed by atoms with E-state index in [2.05, 4.69) is 47.2 Å². The molecule has 400 valence electrons. The third kappa shape index (κ3) is 20.9. The fourth-order valence-corrected chi connectivity index (χ4v) is 7.17. The highest BCUT2D eigenvalue weighted by molar-refractivity contribution is 5.98. The summed E-state index contributed by atoms with van der Waals surface area (Å²) in [4.78, 5) is 126. The number of aliphatic hydroxyl groups is 2. The molecule has 0 saturated carbocycles. The molecule has 2 aromatic carbocycles. The number of nitrogens with one attached hydrogen (secondary N) is 8. The molecule has 8 atom stereocenters. The number of carbonyl (C=O) groups excluding carboxylic acids is 7. The van der Waals surface area contributed by atoms with Gasteiger partial charge in [-0.15, -0.1) is 0 Å². The maximum atomic E-state index is 14.2. The van der Waals surface area contributed by atoms with Crippen LogP contribution in [-0.2, 0) is 62.4 Å². The average molecular weight is 1030 g/mol. The minimum absolute atomic E-state index is 0.00374. The number of aromatic hydroxyl groups is 2. The molecule has 0 aliphatic heterocycles. The first kappa shape index (κ1) is 59.6. The molecule has 0 unspecified atom stereocenters. The molecule has 26 heteroatoms. The summed E-state index contributed by atoms with van der Waals surface area (Å²) >= 11 is 0. The summed E-state index contributed by atoms with van der Waals surface area (Å²) in [7, 11) is 0. The molecule has 0 saturated heterocycles. The Morgan fingerprint density at radius 3 is 1.48 bits per heavy atom. The Labute approximate surface area is 419 Å². The molecule has 73 heavy (non-hydrogen) atoms. The van der Waals surface area contributed by atoms with Crippen LogP contribution in [0.2, 0.25) is 0 Å². The monoisotopic (exact) mass is 1030 g/mol. The summed E-state index contributed by atoms with van der Waals surface area (Å²) in [6.07, 6.45) is 1.73. The van der Waals surface area contributed by atoms with Crippen LogP contribution in [0.15, 0.2) is 61.1 Å². The Bertz CT molecular complexity index is 2300. The molecular weight excluding hydrogens is 959 g/mol.